The standard InChI is InChI=1S/C14H10N2O3/c17-11-6-4-9(5-7-11)13-15-16-14(19-13)10-2-1-3-12(18)8-10/h1-8,17-18H. The lowest BCUT2D eigenvalue weighted by Crippen LogP contribution is -1.77. The summed E-state index contributed by atoms with van der Waals surface area (Å²) < 4.78 is 5.54. The number of nitrogens with zero attached hydrogens (tertiary/aromatic N) is 2. The van der Waals surface area contributed by atoms with Gasteiger partial charge in [-0.3, -0.25) is 0 Å². The predicted molar refractivity (Wildman–Crippen MR) is 68.5 cm³/mol. The van der Waals surface area contributed by atoms with Crippen LogP contribution in [0.1, 0.15) is 0 Å². The van der Waals surface area contributed by atoms with Gasteiger partial charge in [0.1, 0.15) is 11.5 Å². The summed E-state index contributed by atoms with van der Waals surface area (Å²) in [6.07, 6.45) is 0. The molecule has 0 saturated heterocycles. The smallest absolute Gasteiger partial charge is 0.248 e. The number of aromatic nitrogens is 2. The van der Waals surface area contributed by atoms with Crippen molar-refractivity contribution >= 4 is 0 Å². The van der Waals surface area contributed by atoms with Gasteiger partial charge in [0, 0.05) is 11.1 Å². The first-order valence-electron chi connectivity index (χ1n) is 5.65. The molecule has 0 aliphatic carbocycles. The van der Waals surface area contributed by atoms with Crippen molar-refractivity contribution < 1.29 is 14.6 Å². The Hall–Kier alpha value is -2.82. The van der Waals surface area contributed by atoms with Crippen molar-refractivity contribution in [3.8, 4) is 34.4 Å². The van der Waals surface area contributed by atoms with E-state index in [4.69, 9.17) is 4.42 Å². The Morgan fingerprint density at radius 2 is 1.42 bits per heavy atom. The Bertz CT molecular complexity index is 705. The van der Waals surface area contributed by atoms with Crippen LogP contribution in [-0.4, -0.2) is 20.4 Å². The zero-order valence-electron chi connectivity index (χ0n) is 9.82. The number of phenols is 2. The van der Waals surface area contributed by atoms with E-state index in [-0.39, 0.29) is 11.5 Å². The molecule has 1 heterocycles. The van der Waals surface area contributed by atoms with Crippen LogP contribution in [0.25, 0.3) is 22.9 Å². The highest BCUT2D eigenvalue weighted by molar-refractivity contribution is 5.59. The largest absolute Gasteiger partial charge is 0.508 e. The van der Waals surface area contributed by atoms with Crippen LogP contribution < -0.4 is 0 Å². The van der Waals surface area contributed by atoms with Gasteiger partial charge in [-0.2, -0.15) is 0 Å². The third-order valence-corrected chi connectivity index (χ3v) is 2.63. The quantitative estimate of drug-likeness (QED) is 0.735. The fourth-order valence-corrected chi connectivity index (χ4v) is 1.70. The Morgan fingerprint density at radius 3 is 2.11 bits per heavy atom. The molecule has 19 heavy (non-hydrogen) atoms. The number of phenolic OH excluding ortho intramolecular Hbond substituents is 2. The van der Waals surface area contributed by atoms with Crippen molar-refractivity contribution in [2.24, 2.45) is 0 Å². The molecule has 3 aromatic rings. The molecule has 0 atom stereocenters. The molecular formula is C14H10N2O3. The fourth-order valence-electron chi connectivity index (χ4n) is 1.70. The third kappa shape index (κ3) is 2.26. The Balaban J connectivity index is 1.97. The van der Waals surface area contributed by atoms with Gasteiger partial charge in [-0.15, -0.1) is 10.2 Å². The lowest BCUT2D eigenvalue weighted by molar-refractivity contribution is 0.474. The van der Waals surface area contributed by atoms with Gasteiger partial charge >= 0.3 is 0 Å². The molecule has 0 unspecified atom stereocenters. The maximum absolute atomic E-state index is 9.41. The summed E-state index contributed by atoms with van der Waals surface area (Å²) in [5, 5.41) is 26.5. The highest BCUT2D eigenvalue weighted by atomic mass is 16.4. The first kappa shape index (κ1) is 11.3. The third-order valence-electron chi connectivity index (χ3n) is 2.63. The molecule has 94 valence electrons. The lowest BCUT2D eigenvalue weighted by Gasteiger charge is -1.96. The van der Waals surface area contributed by atoms with Crippen LogP contribution in [0.5, 0.6) is 11.5 Å². The minimum Gasteiger partial charge on any atom is -0.508 e. The molecule has 5 nitrogen and oxygen atoms in total. The Kier molecular flexibility index (Phi) is 2.64. The van der Waals surface area contributed by atoms with Gasteiger partial charge in [0.15, 0.2) is 0 Å². The number of aromatic hydroxyl groups is 2. The van der Waals surface area contributed by atoms with Gasteiger partial charge in [-0.1, -0.05) is 6.07 Å². The molecule has 0 fully saturated rings. The maximum Gasteiger partial charge on any atom is 0.248 e. The van der Waals surface area contributed by atoms with Gasteiger partial charge in [0.05, 0.1) is 0 Å². The van der Waals surface area contributed by atoms with Crippen molar-refractivity contribution in [3.05, 3.63) is 48.5 Å². The van der Waals surface area contributed by atoms with Crippen LogP contribution in [0.4, 0.5) is 0 Å². The molecule has 0 bridgehead atoms. The van der Waals surface area contributed by atoms with E-state index in [1.807, 2.05) is 0 Å². The van der Waals surface area contributed by atoms with E-state index < -0.39 is 0 Å². The second kappa shape index (κ2) is 4.45. The molecule has 2 aromatic carbocycles. The van der Waals surface area contributed by atoms with E-state index in [1.165, 1.54) is 0 Å². The number of rotatable bonds is 2. The van der Waals surface area contributed by atoms with E-state index in [9.17, 15) is 10.2 Å². The maximum atomic E-state index is 9.41. The fraction of sp³-hybridized carbons (Fsp3) is 0. The zero-order chi connectivity index (χ0) is 13.2. The molecule has 0 spiro atoms. The van der Waals surface area contributed by atoms with E-state index in [1.54, 1.807) is 48.5 Å². The monoisotopic (exact) mass is 254 g/mol. The molecule has 3 rings (SSSR count). The first-order chi connectivity index (χ1) is 9.22. The molecule has 0 amide bonds. The minimum absolute atomic E-state index is 0.141. The molecule has 0 aliphatic rings. The molecule has 5 heteroatoms. The van der Waals surface area contributed by atoms with Crippen molar-refractivity contribution in [2.45, 2.75) is 0 Å². The molecule has 2 N–H and O–H groups in total. The summed E-state index contributed by atoms with van der Waals surface area (Å²) in [5.41, 5.74) is 1.37. The van der Waals surface area contributed by atoms with Gasteiger partial charge in [-0.05, 0) is 42.5 Å². The van der Waals surface area contributed by atoms with Crippen LogP contribution in [0.2, 0.25) is 0 Å². The van der Waals surface area contributed by atoms with Crippen molar-refractivity contribution in [1.82, 2.24) is 10.2 Å². The topological polar surface area (TPSA) is 79.4 Å². The van der Waals surface area contributed by atoms with E-state index in [0.29, 0.717) is 17.3 Å². The van der Waals surface area contributed by atoms with Gasteiger partial charge in [0.2, 0.25) is 11.8 Å². The summed E-state index contributed by atoms with van der Waals surface area (Å²) in [6, 6.07) is 13.1. The van der Waals surface area contributed by atoms with E-state index in [0.717, 1.165) is 5.56 Å². The average molecular weight is 254 g/mol. The second-order valence-electron chi connectivity index (χ2n) is 4.01. The number of benzene rings is 2. The van der Waals surface area contributed by atoms with Gasteiger partial charge < -0.3 is 14.6 Å². The summed E-state index contributed by atoms with van der Waals surface area (Å²) >= 11 is 0. The second-order valence-corrected chi connectivity index (χ2v) is 4.01. The summed E-state index contributed by atoms with van der Waals surface area (Å²) in [5.74, 6) is 1.01. The van der Waals surface area contributed by atoms with E-state index in [2.05, 4.69) is 10.2 Å². The molecule has 1 aromatic heterocycles. The van der Waals surface area contributed by atoms with Crippen molar-refractivity contribution in [2.75, 3.05) is 0 Å². The SMILES string of the molecule is Oc1ccc(-c2nnc(-c3cccc(O)c3)o2)cc1. The highest BCUT2D eigenvalue weighted by Crippen LogP contribution is 2.26. The lowest BCUT2D eigenvalue weighted by atomic mass is 10.2. The van der Waals surface area contributed by atoms with Gasteiger partial charge in [-0.25, -0.2) is 0 Å². The van der Waals surface area contributed by atoms with Gasteiger partial charge in [0.25, 0.3) is 0 Å². The van der Waals surface area contributed by atoms with Crippen LogP contribution in [-0.2, 0) is 0 Å². The molecule has 0 aliphatic heterocycles. The molecule has 0 radical (unpaired) electrons. The minimum atomic E-state index is 0.141. The van der Waals surface area contributed by atoms with Crippen LogP contribution in [0, 0.1) is 0 Å². The highest BCUT2D eigenvalue weighted by Gasteiger charge is 2.10. The molecule has 0 saturated carbocycles. The Morgan fingerprint density at radius 1 is 0.737 bits per heavy atom. The van der Waals surface area contributed by atoms with Crippen molar-refractivity contribution in [3.63, 3.8) is 0 Å². The number of hydrogen-bond donors (Lipinski definition) is 2. The first-order valence-corrected chi connectivity index (χ1v) is 5.65. The summed E-state index contributed by atoms with van der Waals surface area (Å²) in [4.78, 5) is 0. The van der Waals surface area contributed by atoms with E-state index >= 15 is 0 Å². The number of hydrogen-bond acceptors (Lipinski definition) is 5. The summed E-state index contributed by atoms with van der Waals surface area (Å²) in [7, 11) is 0. The molecular weight excluding hydrogens is 244 g/mol. The Labute approximate surface area is 108 Å². The zero-order valence-corrected chi connectivity index (χ0v) is 9.82. The summed E-state index contributed by atoms with van der Waals surface area (Å²) in [6.45, 7) is 0. The van der Waals surface area contributed by atoms with Crippen LogP contribution in [0.3, 0.4) is 0 Å². The predicted octanol–water partition coefficient (Wildman–Crippen LogP) is 2.81. The van der Waals surface area contributed by atoms with Crippen LogP contribution in [0.15, 0.2) is 52.9 Å². The van der Waals surface area contributed by atoms with Crippen LogP contribution >= 0.6 is 0 Å². The van der Waals surface area contributed by atoms with Crippen molar-refractivity contribution in [1.29, 1.82) is 0 Å². The normalized spacial score (nSPS) is 10.5. The average Bonchev–Trinajstić information content (AvgIpc) is 2.89.